The topological polar surface area (TPSA) is 70.7 Å². The summed E-state index contributed by atoms with van der Waals surface area (Å²) >= 11 is 0. The summed E-state index contributed by atoms with van der Waals surface area (Å²) < 4.78 is 5.52. The van der Waals surface area contributed by atoms with Gasteiger partial charge in [0, 0.05) is 24.3 Å². The maximum Gasteiger partial charge on any atom is 0.321 e. The van der Waals surface area contributed by atoms with E-state index in [-0.39, 0.29) is 11.9 Å². The van der Waals surface area contributed by atoms with Gasteiger partial charge in [0.1, 0.15) is 5.75 Å². The van der Waals surface area contributed by atoms with Gasteiger partial charge in [-0.3, -0.25) is 9.69 Å². The van der Waals surface area contributed by atoms with Crippen molar-refractivity contribution in [3.8, 4) is 5.75 Å². The minimum Gasteiger partial charge on any atom is -0.492 e. The molecule has 0 bridgehead atoms. The van der Waals surface area contributed by atoms with E-state index in [1.807, 2.05) is 31.2 Å². The summed E-state index contributed by atoms with van der Waals surface area (Å²) in [6, 6.07) is 14.2. The van der Waals surface area contributed by atoms with E-state index < -0.39 is 0 Å². The second-order valence-corrected chi connectivity index (χ2v) is 5.32. The quantitative estimate of drug-likeness (QED) is 0.888. The second kappa shape index (κ2) is 7.04. The minimum atomic E-state index is -0.247. The van der Waals surface area contributed by atoms with Gasteiger partial charge in [0.15, 0.2) is 0 Å². The molecule has 2 aromatic rings. The van der Waals surface area contributed by atoms with Crippen LogP contribution in [-0.4, -0.2) is 31.6 Å². The molecule has 1 saturated heterocycles. The van der Waals surface area contributed by atoms with Crippen molar-refractivity contribution in [3.05, 3.63) is 54.1 Å². The van der Waals surface area contributed by atoms with Crippen molar-refractivity contribution < 1.29 is 14.3 Å². The molecule has 0 saturated carbocycles. The van der Waals surface area contributed by atoms with Crippen LogP contribution in [0.3, 0.4) is 0 Å². The molecule has 0 radical (unpaired) electrons. The summed E-state index contributed by atoms with van der Waals surface area (Å²) in [5.41, 5.74) is 1.81. The van der Waals surface area contributed by atoms with Gasteiger partial charge in [-0.15, -0.1) is 0 Å². The number of para-hydroxylation sites is 2. The number of hydrogen-bond donors (Lipinski definition) is 2. The van der Waals surface area contributed by atoms with E-state index in [4.69, 9.17) is 4.74 Å². The van der Waals surface area contributed by atoms with Crippen LogP contribution in [0.2, 0.25) is 0 Å². The van der Waals surface area contributed by atoms with E-state index in [1.54, 1.807) is 29.2 Å². The third-order valence-corrected chi connectivity index (χ3v) is 3.71. The molecule has 1 aliphatic heterocycles. The highest BCUT2D eigenvalue weighted by Crippen LogP contribution is 2.25. The molecule has 0 aliphatic carbocycles. The van der Waals surface area contributed by atoms with Crippen LogP contribution < -0.4 is 20.3 Å². The number of urea groups is 1. The lowest BCUT2D eigenvalue weighted by molar-refractivity contribution is 0.102. The summed E-state index contributed by atoms with van der Waals surface area (Å²) in [4.78, 5) is 25.9. The fourth-order valence-corrected chi connectivity index (χ4v) is 2.58. The number of hydrogen-bond acceptors (Lipinski definition) is 3. The summed E-state index contributed by atoms with van der Waals surface area (Å²) in [5, 5.41) is 5.61. The highest BCUT2D eigenvalue weighted by Gasteiger charge is 2.21. The Morgan fingerprint density at radius 3 is 2.83 bits per heavy atom. The fourth-order valence-electron chi connectivity index (χ4n) is 2.58. The molecule has 0 atom stereocenters. The molecular formula is C18H19N3O3. The van der Waals surface area contributed by atoms with E-state index in [9.17, 15) is 9.59 Å². The molecule has 6 heteroatoms. The maximum absolute atomic E-state index is 12.5. The molecule has 3 amide bonds. The SMILES string of the molecule is CCOc1ccccc1NC(=O)c1cccc(N2CCNC2=O)c1. The number of ether oxygens (including phenoxy) is 1. The summed E-state index contributed by atoms with van der Waals surface area (Å²) in [5.74, 6) is 0.382. The van der Waals surface area contributed by atoms with Crippen molar-refractivity contribution in [2.24, 2.45) is 0 Å². The predicted molar refractivity (Wildman–Crippen MR) is 92.8 cm³/mol. The van der Waals surface area contributed by atoms with Gasteiger partial charge in [0.25, 0.3) is 5.91 Å². The summed E-state index contributed by atoms with van der Waals surface area (Å²) in [6.07, 6.45) is 0. The van der Waals surface area contributed by atoms with Crippen molar-refractivity contribution in [2.45, 2.75) is 6.92 Å². The third kappa shape index (κ3) is 3.32. The standard InChI is InChI=1S/C18H19N3O3/c1-2-24-16-9-4-3-8-15(16)20-17(22)13-6-5-7-14(12-13)21-11-10-19-18(21)23/h3-9,12H,2,10-11H2,1H3,(H,19,23)(H,20,22). The molecule has 24 heavy (non-hydrogen) atoms. The normalized spacial score (nSPS) is 13.5. The summed E-state index contributed by atoms with van der Waals surface area (Å²) in [7, 11) is 0. The Hall–Kier alpha value is -3.02. The van der Waals surface area contributed by atoms with Gasteiger partial charge in [-0.25, -0.2) is 4.79 Å². The van der Waals surface area contributed by atoms with Gasteiger partial charge in [0.2, 0.25) is 0 Å². The van der Waals surface area contributed by atoms with Gasteiger partial charge in [-0.05, 0) is 37.3 Å². The van der Waals surface area contributed by atoms with Crippen LogP contribution in [0.15, 0.2) is 48.5 Å². The van der Waals surface area contributed by atoms with E-state index in [0.29, 0.717) is 42.4 Å². The van der Waals surface area contributed by atoms with Crippen molar-refractivity contribution in [1.29, 1.82) is 0 Å². The van der Waals surface area contributed by atoms with Crippen molar-refractivity contribution >= 4 is 23.3 Å². The van der Waals surface area contributed by atoms with Gasteiger partial charge >= 0.3 is 6.03 Å². The number of carbonyl (C=O) groups excluding carboxylic acids is 2. The average Bonchev–Trinajstić information content (AvgIpc) is 3.03. The Bertz CT molecular complexity index is 761. The molecule has 3 rings (SSSR count). The third-order valence-electron chi connectivity index (χ3n) is 3.71. The monoisotopic (exact) mass is 325 g/mol. The molecule has 2 aromatic carbocycles. The lowest BCUT2D eigenvalue weighted by Crippen LogP contribution is -2.27. The van der Waals surface area contributed by atoms with E-state index in [1.165, 1.54) is 0 Å². The highest BCUT2D eigenvalue weighted by atomic mass is 16.5. The predicted octanol–water partition coefficient (Wildman–Crippen LogP) is 2.87. The van der Waals surface area contributed by atoms with Crippen LogP contribution in [0.1, 0.15) is 17.3 Å². The molecule has 1 fully saturated rings. The van der Waals surface area contributed by atoms with Crippen molar-refractivity contribution in [1.82, 2.24) is 5.32 Å². The van der Waals surface area contributed by atoms with Gasteiger partial charge < -0.3 is 15.4 Å². The minimum absolute atomic E-state index is 0.144. The lowest BCUT2D eigenvalue weighted by atomic mass is 10.1. The second-order valence-electron chi connectivity index (χ2n) is 5.32. The van der Waals surface area contributed by atoms with E-state index in [2.05, 4.69) is 10.6 Å². The van der Waals surface area contributed by atoms with Crippen LogP contribution >= 0.6 is 0 Å². The Morgan fingerprint density at radius 1 is 1.25 bits per heavy atom. The number of nitrogens with one attached hydrogen (secondary N) is 2. The molecule has 124 valence electrons. The first-order valence-corrected chi connectivity index (χ1v) is 7.87. The number of benzene rings is 2. The number of anilines is 2. The van der Waals surface area contributed by atoms with E-state index >= 15 is 0 Å². The first-order valence-electron chi connectivity index (χ1n) is 7.87. The zero-order chi connectivity index (χ0) is 16.9. The van der Waals surface area contributed by atoms with E-state index in [0.717, 1.165) is 0 Å². The molecule has 1 heterocycles. The van der Waals surface area contributed by atoms with Crippen molar-refractivity contribution in [2.75, 3.05) is 29.9 Å². The number of amides is 3. The Kier molecular flexibility index (Phi) is 4.65. The van der Waals surface area contributed by atoms with Crippen molar-refractivity contribution in [3.63, 3.8) is 0 Å². The van der Waals surface area contributed by atoms with Crippen LogP contribution in [0.25, 0.3) is 0 Å². The molecular weight excluding hydrogens is 306 g/mol. The van der Waals surface area contributed by atoms with Gasteiger partial charge in [-0.1, -0.05) is 18.2 Å². The highest BCUT2D eigenvalue weighted by molar-refractivity contribution is 6.06. The van der Waals surface area contributed by atoms with Crippen LogP contribution in [0, 0.1) is 0 Å². The van der Waals surface area contributed by atoms with Gasteiger partial charge in [-0.2, -0.15) is 0 Å². The van der Waals surface area contributed by atoms with Crippen LogP contribution in [-0.2, 0) is 0 Å². The Balaban J connectivity index is 1.80. The largest absolute Gasteiger partial charge is 0.492 e. The average molecular weight is 325 g/mol. The molecule has 6 nitrogen and oxygen atoms in total. The zero-order valence-electron chi connectivity index (χ0n) is 13.4. The first kappa shape index (κ1) is 15.9. The molecule has 0 spiro atoms. The summed E-state index contributed by atoms with van der Waals surface area (Å²) in [6.45, 7) is 3.61. The Morgan fingerprint density at radius 2 is 2.08 bits per heavy atom. The molecule has 0 aromatic heterocycles. The molecule has 1 aliphatic rings. The zero-order valence-corrected chi connectivity index (χ0v) is 13.4. The first-order chi connectivity index (χ1) is 11.7. The lowest BCUT2D eigenvalue weighted by Gasteiger charge is -2.15. The van der Waals surface area contributed by atoms with Gasteiger partial charge in [0.05, 0.1) is 12.3 Å². The fraction of sp³-hybridized carbons (Fsp3) is 0.222. The smallest absolute Gasteiger partial charge is 0.321 e. The number of nitrogens with zero attached hydrogens (tertiary/aromatic N) is 1. The molecule has 0 unspecified atom stereocenters. The number of carbonyl (C=O) groups is 2. The number of rotatable bonds is 5. The van der Waals surface area contributed by atoms with Crippen LogP contribution in [0.4, 0.5) is 16.2 Å². The van der Waals surface area contributed by atoms with Crippen LogP contribution in [0.5, 0.6) is 5.75 Å². The molecule has 2 N–H and O–H groups in total. The maximum atomic E-state index is 12.5. The Labute approximate surface area is 140 Å².